The maximum atomic E-state index is 13.8. The number of aromatic nitrogens is 1. The fourth-order valence-corrected chi connectivity index (χ4v) is 1.87. The summed E-state index contributed by atoms with van der Waals surface area (Å²) in [4.78, 5) is 15.8. The van der Waals surface area contributed by atoms with Crippen molar-refractivity contribution in [2.24, 2.45) is 0 Å². The Kier molecular flexibility index (Phi) is 3.90. The molecule has 19 heavy (non-hydrogen) atoms. The SMILES string of the molecule is Cc1ccc(F)c(C(=O)Nc2cccc(Br)n2)c1F. The third-order valence-corrected chi connectivity index (χ3v) is 2.91. The molecule has 0 aliphatic carbocycles. The molecule has 0 saturated heterocycles. The first-order valence-electron chi connectivity index (χ1n) is 5.37. The standard InChI is InChI=1S/C13H9BrF2N2O/c1-7-5-6-8(15)11(12(7)16)13(19)18-10-4-2-3-9(14)17-10/h2-6H,1H3,(H,17,18,19). The van der Waals surface area contributed by atoms with E-state index in [1.807, 2.05) is 0 Å². The van der Waals surface area contributed by atoms with Gasteiger partial charge in [-0.05, 0) is 46.6 Å². The molecule has 0 spiro atoms. The maximum absolute atomic E-state index is 13.8. The van der Waals surface area contributed by atoms with Crippen molar-refractivity contribution >= 4 is 27.7 Å². The summed E-state index contributed by atoms with van der Waals surface area (Å²) < 4.78 is 27.8. The molecule has 0 unspecified atom stereocenters. The largest absolute Gasteiger partial charge is 0.306 e. The lowest BCUT2D eigenvalue weighted by Gasteiger charge is -2.08. The fraction of sp³-hybridized carbons (Fsp3) is 0.0769. The highest BCUT2D eigenvalue weighted by Gasteiger charge is 2.19. The molecule has 0 atom stereocenters. The van der Waals surface area contributed by atoms with Crippen molar-refractivity contribution in [2.75, 3.05) is 5.32 Å². The number of carbonyl (C=O) groups is 1. The van der Waals surface area contributed by atoms with Crippen LogP contribution in [0.5, 0.6) is 0 Å². The number of hydrogen-bond donors (Lipinski definition) is 1. The lowest BCUT2D eigenvalue weighted by molar-refractivity contribution is 0.101. The lowest BCUT2D eigenvalue weighted by atomic mass is 10.1. The normalized spacial score (nSPS) is 10.3. The van der Waals surface area contributed by atoms with E-state index < -0.39 is 23.1 Å². The highest BCUT2D eigenvalue weighted by molar-refractivity contribution is 9.10. The number of nitrogens with zero attached hydrogens (tertiary/aromatic N) is 1. The zero-order valence-electron chi connectivity index (χ0n) is 9.88. The van der Waals surface area contributed by atoms with E-state index >= 15 is 0 Å². The van der Waals surface area contributed by atoms with Gasteiger partial charge in [0, 0.05) is 0 Å². The van der Waals surface area contributed by atoms with Crippen LogP contribution in [-0.2, 0) is 0 Å². The average molecular weight is 327 g/mol. The number of amides is 1. The van der Waals surface area contributed by atoms with Crippen LogP contribution in [0, 0.1) is 18.6 Å². The first-order valence-corrected chi connectivity index (χ1v) is 6.17. The number of pyridine rings is 1. The summed E-state index contributed by atoms with van der Waals surface area (Å²) in [5, 5.41) is 2.35. The third kappa shape index (κ3) is 2.96. The summed E-state index contributed by atoms with van der Waals surface area (Å²) in [5.41, 5.74) is -0.407. The number of anilines is 1. The van der Waals surface area contributed by atoms with Crippen LogP contribution in [0.1, 0.15) is 15.9 Å². The van der Waals surface area contributed by atoms with Crippen LogP contribution >= 0.6 is 15.9 Å². The Hall–Kier alpha value is -1.82. The molecule has 2 rings (SSSR count). The van der Waals surface area contributed by atoms with Crippen LogP contribution in [0.4, 0.5) is 14.6 Å². The molecule has 1 aromatic carbocycles. The zero-order valence-corrected chi connectivity index (χ0v) is 11.5. The van der Waals surface area contributed by atoms with Crippen molar-refractivity contribution in [1.29, 1.82) is 0 Å². The molecule has 0 fully saturated rings. The second kappa shape index (κ2) is 5.44. The minimum absolute atomic E-state index is 0.203. The van der Waals surface area contributed by atoms with Crippen molar-refractivity contribution in [3.63, 3.8) is 0 Å². The van der Waals surface area contributed by atoms with Crippen LogP contribution in [0.3, 0.4) is 0 Å². The van der Waals surface area contributed by atoms with Gasteiger partial charge in [-0.1, -0.05) is 12.1 Å². The minimum Gasteiger partial charge on any atom is -0.306 e. The number of nitrogens with one attached hydrogen (secondary N) is 1. The van der Waals surface area contributed by atoms with E-state index in [0.29, 0.717) is 4.60 Å². The van der Waals surface area contributed by atoms with Gasteiger partial charge in [-0.15, -0.1) is 0 Å². The van der Waals surface area contributed by atoms with Crippen molar-refractivity contribution in [3.8, 4) is 0 Å². The Morgan fingerprint density at radius 2 is 2.00 bits per heavy atom. The van der Waals surface area contributed by atoms with E-state index in [1.165, 1.54) is 19.1 Å². The molecule has 0 bridgehead atoms. The molecular weight excluding hydrogens is 318 g/mol. The number of aryl methyl sites for hydroxylation is 1. The van der Waals surface area contributed by atoms with Gasteiger partial charge in [-0.3, -0.25) is 4.79 Å². The average Bonchev–Trinajstić information content (AvgIpc) is 2.34. The van der Waals surface area contributed by atoms with Crippen LogP contribution in [0.2, 0.25) is 0 Å². The van der Waals surface area contributed by atoms with Gasteiger partial charge in [-0.25, -0.2) is 13.8 Å². The molecule has 0 saturated carbocycles. The molecule has 3 nitrogen and oxygen atoms in total. The van der Waals surface area contributed by atoms with Crippen LogP contribution in [0.25, 0.3) is 0 Å². The lowest BCUT2D eigenvalue weighted by Crippen LogP contribution is -2.17. The van der Waals surface area contributed by atoms with Crippen molar-refractivity contribution in [1.82, 2.24) is 4.98 Å². The summed E-state index contributed by atoms with van der Waals surface area (Å²) in [6, 6.07) is 7.17. The van der Waals surface area contributed by atoms with Crippen molar-refractivity contribution in [3.05, 3.63) is 57.7 Å². The molecule has 98 valence electrons. The van der Waals surface area contributed by atoms with Crippen LogP contribution < -0.4 is 5.32 Å². The minimum atomic E-state index is -0.907. The number of halogens is 3. The molecule has 0 radical (unpaired) electrons. The Bertz CT molecular complexity index is 647. The van der Waals surface area contributed by atoms with E-state index in [2.05, 4.69) is 26.2 Å². The monoisotopic (exact) mass is 326 g/mol. The fourth-order valence-electron chi connectivity index (χ4n) is 1.52. The second-order valence-electron chi connectivity index (χ2n) is 3.85. The van der Waals surface area contributed by atoms with E-state index in [0.717, 1.165) is 6.07 Å². The number of benzene rings is 1. The Balaban J connectivity index is 2.33. The third-order valence-electron chi connectivity index (χ3n) is 2.47. The number of rotatable bonds is 2. The smallest absolute Gasteiger partial charge is 0.262 e. The maximum Gasteiger partial charge on any atom is 0.262 e. The van der Waals surface area contributed by atoms with Gasteiger partial charge >= 0.3 is 0 Å². The second-order valence-corrected chi connectivity index (χ2v) is 4.67. The van der Waals surface area contributed by atoms with Gasteiger partial charge in [-0.2, -0.15) is 0 Å². The molecular formula is C13H9BrF2N2O. The van der Waals surface area contributed by atoms with Gasteiger partial charge in [0.2, 0.25) is 0 Å². The predicted molar refractivity (Wildman–Crippen MR) is 71.0 cm³/mol. The van der Waals surface area contributed by atoms with Gasteiger partial charge in [0.1, 0.15) is 27.6 Å². The number of carbonyl (C=O) groups excluding carboxylic acids is 1. The first kappa shape index (κ1) is 13.6. The Morgan fingerprint density at radius 1 is 1.26 bits per heavy atom. The van der Waals surface area contributed by atoms with Crippen molar-refractivity contribution in [2.45, 2.75) is 6.92 Å². The molecule has 1 heterocycles. The molecule has 1 amide bonds. The summed E-state index contributed by atoms with van der Waals surface area (Å²) in [6.45, 7) is 1.46. The molecule has 1 aromatic heterocycles. The van der Waals surface area contributed by atoms with Gasteiger partial charge in [0.15, 0.2) is 0 Å². The summed E-state index contributed by atoms with van der Waals surface area (Å²) in [6.07, 6.45) is 0. The van der Waals surface area contributed by atoms with E-state index in [1.54, 1.807) is 12.1 Å². The Morgan fingerprint density at radius 3 is 2.68 bits per heavy atom. The van der Waals surface area contributed by atoms with Gasteiger partial charge in [0.05, 0.1) is 0 Å². The molecule has 0 aliphatic rings. The Labute approximate surface area is 116 Å². The molecule has 0 aliphatic heterocycles. The van der Waals surface area contributed by atoms with Crippen LogP contribution in [0.15, 0.2) is 34.9 Å². The summed E-state index contributed by atoms with van der Waals surface area (Å²) >= 11 is 3.14. The molecule has 6 heteroatoms. The van der Waals surface area contributed by atoms with E-state index in [4.69, 9.17) is 0 Å². The highest BCUT2D eigenvalue weighted by atomic mass is 79.9. The van der Waals surface area contributed by atoms with Crippen LogP contribution in [-0.4, -0.2) is 10.9 Å². The van der Waals surface area contributed by atoms with Gasteiger partial charge < -0.3 is 5.32 Å². The zero-order chi connectivity index (χ0) is 14.0. The van der Waals surface area contributed by atoms with E-state index in [9.17, 15) is 13.6 Å². The molecule has 1 N–H and O–H groups in total. The number of hydrogen-bond acceptors (Lipinski definition) is 2. The van der Waals surface area contributed by atoms with E-state index in [-0.39, 0.29) is 11.4 Å². The summed E-state index contributed by atoms with van der Waals surface area (Å²) in [5.74, 6) is -2.44. The summed E-state index contributed by atoms with van der Waals surface area (Å²) in [7, 11) is 0. The topological polar surface area (TPSA) is 42.0 Å². The first-order chi connectivity index (χ1) is 8.99. The van der Waals surface area contributed by atoms with Gasteiger partial charge in [0.25, 0.3) is 5.91 Å². The van der Waals surface area contributed by atoms with Crippen molar-refractivity contribution < 1.29 is 13.6 Å². The highest BCUT2D eigenvalue weighted by Crippen LogP contribution is 2.18. The quantitative estimate of drug-likeness (QED) is 0.855. The molecule has 2 aromatic rings. The predicted octanol–water partition coefficient (Wildman–Crippen LogP) is 3.68.